The Morgan fingerprint density at radius 2 is 1.38 bits per heavy atom. The molecule has 0 unspecified atom stereocenters. The lowest BCUT2D eigenvalue weighted by Gasteiger charge is -2.08. The van der Waals surface area contributed by atoms with Crippen LogP contribution in [0.15, 0.2) is 66.9 Å². The van der Waals surface area contributed by atoms with Crippen molar-refractivity contribution >= 4 is 60.6 Å². The largest absolute Gasteiger partial charge is 0.370 e. The van der Waals surface area contributed by atoms with Crippen LogP contribution in [0.4, 0.5) is 11.6 Å². The second-order valence-corrected chi connectivity index (χ2v) is 6.91. The van der Waals surface area contributed by atoms with Crippen LogP contribution in [0.1, 0.15) is 0 Å². The topological polar surface area (TPSA) is 38.9 Å². The van der Waals surface area contributed by atoms with E-state index in [-0.39, 0.29) is 11.6 Å². The normalized spacial score (nSPS) is 11.4. The first-order valence-electron chi connectivity index (χ1n) is 9.10. The monoisotopic (exact) mass is 369 g/mol. The van der Waals surface area contributed by atoms with Crippen LogP contribution in [0.25, 0.3) is 58.7 Å². The highest BCUT2D eigenvalue weighted by Gasteiger charge is 2.22. The van der Waals surface area contributed by atoms with E-state index in [4.69, 9.17) is 13.1 Å². The van der Waals surface area contributed by atoms with Crippen molar-refractivity contribution in [2.75, 3.05) is 0 Å². The average molecular weight is 369 g/mol. The van der Waals surface area contributed by atoms with Crippen molar-refractivity contribution in [3.05, 3.63) is 89.7 Å². The van der Waals surface area contributed by atoms with Crippen LogP contribution in [0, 0.1) is 13.1 Å². The van der Waals surface area contributed by atoms with Gasteiger partial charge in [0.25, 0.3) is 17.3 Å². The molecule has 0 amide bonds. The number of hydrogen-bond acceptors (Lipinski definition) is 2. The van der Waals surface area contributed by atoms with Gasteiger partial charge in [0, 0.05) is 27.7 Å². The number of rotatable bonds is 0. The summed E-state index contributed by atoms with van der Waals surface area (Å²) in [4.78, 5) is 16.0. The van der Waals surface area contributed by atoms with Gasteiger partial charge in [0.05, 0.1) is 5.52 Å². The van der Waals surface area contributed by atoms with Crippen molar-refractivity contribution in [3.63, 3.8) is 0 Å². The number of nitrogens with zero attached hydrogens (tertiary/aromatic N) is 5. The summed E-state index contributed by atoms with van der Waals surface area (Å²) in [6, 6.07) is 20.6. The van der Waals surface area contributed by atoms with Crippen molar-refractivity contribution < 1.29 is 0 Å². The molecule has 0 saturated heterocycles. The summed E-state index contributed by atoms with van der Waals surface area (Å²) < 4.78 is 2.02. The summed E-state index contributed by atoms with van der Waals surface area (Å²) >= 11 is 0. The molecule has 5 nitrogen and oxygen atoms in total. The van der Waals surface area contributed by atoms with Crippen LogP contribution in [-0.2, 0) is 0 Å². The summed E-state index contributed by atoms with van der Waals surface area (Å²) in [7, 11) is 0. The van der Waals surface area contributed by atoms with Gasteiger partial charge in [-0.15, -0.1) is 9.97 Å². The molecular weight excluding hydrogens is 358 g/mol. The van der Waals surface area contributed by atoms with Gasteiger partial charge in [0.15, 0.2) is 0 Å². The van der Waals surface area contributed by atoms with Gasteiger partial charge in [-0.1, -0.05) is 67.7 Å². The van der Waals surface area contributed by atoms with Crippen molar-refractivity contribution in [3.8, 4) is 0 Å². The van der Waals surface area contributed by atoms with Gasteiger partial charge >= 0.3 is 0 Å². The molecule has 3 aromatic heterocycles. The Hall–Kier alpha value is -4.48. The van der Waals surface area contributed by atoms with Crippen molar-refractivity contribution in [2.24, 2.45) is 0 Å². The van der Waals surface area contributed by atoms with E-state index in [1.807, 2.05) is 40.9 Å². The number of pyridine rings is 1. The minimum Gasteiger partial charge on any atom is -0.370 e. The van der Waals surface area contributed by atoms with Crippen LogP contribution in [0.3, 0.4) is 0 Å². The quantitative estimate of drug-likeness (QED) is 0.228. The Bertz CT molecular complexity index is 1730. The Morgan fingerprint density at radius 3 is 2.17 bits per heavy atom. The van der Waals surface area contributed by atoms with Gasteiger partial charge < -0.3 is 9.69 Å². The van der Waals surface area contributed by atoms with Gasteiger partial charge in [-0.2, -0.15) is 0 Å². The summed E-state index contributed by atoms with van der Waals surface area (Å²) in [5.41, 5.74) is 2.27. The molecule has 5 heteroatoms. The summed E-state index contributed by atoms with van der Waals surface area (Å²) in [6.07, 6.45) is 2.04. The minimum atomic E-state index is 0.0340. The second kappa shape index (κ2) is 5.51. The third kappa shape index (κ3) is 1.96. The predicted molar refractivity (Wildman–Crippen MR) is 116 cm³/mol. The molecule has 0 N–H and O–H groups in total. The van der Waals surface area contributed by atoms with E-state index >= 15 is 0 Å². The van der Waals surface area contributed by atoms with Gasteiger partial charge in [-0.3, -0.25) is 4.40 Å². The number of hydrogen-bond donors (Lipinski definition) is 0. The van der Waals surface area contributed by atoms with Gasteiger partial charge in [-0.25, -0.2) is 0 Å². The molecule has 0 fully saturated rings. The maximum atomic E-state index is 7.43. The number of benzene rings is 3. The Labute approximate surface area is 165 Å². The van der Waals surface area contributed by atoms with E-state index in [1.54, 1.807) is 0 Å². The fourth-order valence-electron chi connectivity index (χ4n) is 4.21. The lowest BCUT2D eigenvalue weighted by atomic mass is 10.00. The lowest BCUT2D eigenvalue weighted by molar-refractivity contribution is 1.20. The molecule has 0 aliphatic rings. The Kier molecular flexibility index (Phi) is 2.96. The zero-order valence-electron chi connectivity index (χ0n) is 15.1. The molecule has 0 radical (unpaired) electrons. The van der Waals surface area contributed by atoms with Crippen LogP contribution >= 0.6 is 0 Å². The van der Waals surface area contributed by atoms with E-state index in [0.717, 1.165) is 37.8 Å². The lowest BCUT2D eigenvalue weighted by Crippen LogP contribution is -1.95. The van der Waals surface area contributed by atoms with Crippen LogP contribution in [0.2, 0.25) is 0 Å². The Balaban J connectivity index is 2.04. The van der Waals surface area contributed by atoms with Crippen LogP contribution in [0.5, 0.6) is 0 Å². The Morgan fingerprint density at radius 1 is 0.690 bits per heavy atom. The fraction of sp³-hybridized carbons (Fsp3) is 0. The highest BCUT2D eigenvalue weighted by molar-refractivity contribution is 6.26. The molecule has 6 aromatic rings. The summed E-state index contributed by atoms with van der Waals surface area (Å²) in [5.74, 6) is 0.0738. The molecule has 3 heterocycles. The van der Waals surface area contributed by atoms with E-state index in [9.17, 15) is 0 Å². The summed E-state index contributed by atoms with van der Waals surface area (Å²) in [5, 5.41) is 6.50. The molecule has 29 heavy (non-hydrogen) atoms. The van der Waals surface area contributed by atoms with Gasteiger partial charge in [0.2, 0.25) is 5.52 Å². The van der Waals surface area contributed by atoms with Gasteiger partial charge in [-0.05, 0) is 16.8 Å². The van der Waals surface area contributed by atoms with Crippen LogP contribution < -0.4 is 0 Å². The van der Waals surface area contributed by atoms with Crippen molar-refractivity contribution in [2.45, 2.75) is 0 Å². The maximum Gasteiger partial charge on any atom is 0.295 e. The molecule has 0 spiro atoms. The smallest absolute Gasteiger partial charge is 0.295 e. The summed E-state index contributed by atoms with van der Waals surface area (Å²) in [6.45, 7) is 14.8. The first-order valence-corrected chi connectivity index (χ1v) is 9.10. The predicted octanol–water partition coefficient (Wildman–Crippen LogP) is 6.44. The van der Waals surface area contributed by atoms with E-state index in [1.165, 1.54) is 0 Å². The molecule has 0 saturated carbocycles. The minimum absolute atomic E-state index is 0.0340. The molecule has 6 rings (SSSR count). The third-order valence-corrected chi connectivity index (χ3v) is 5.43. The average Bonchev–Trinajstić information content (AvgIpc) is 3.17. The molecule has 0 aliphatic carbocycles. The standard InChI is InChI=1S/C24H11N5/c1-25-22-23(26-2)28-24-20(27-22)18-12-11-14-7-3-5-9-16(14)19(18)21-17-10-6-4-8-15(17)13-29(21)24/h3-13H. The number of aromatic nitrogens is 3. The number of fused-ring (bicyclic) bond motifs is 10. The molecular formula is C24H11N5. The van der Waals surface area contributed by atoms with E-state index < -0.39 is 0 Å². The highest BCUT2D eigenvalue weighted by atomic mass is 15.1. The van der Waals surface area contributed by atoms with E-state index in [0.29, 0.717) is 11.2 Å². The van der Waals surface area contributed by atoms with Crippen molar-refractivity contribution in [1.82, 2.24) is 14.4 Å². The van der Waals surface area contributed by atoms with E-state index in [2.05, 4.69) is 50.0 Å². The third-order valence-electron chi connectivity index (χ3n) is 5.43. The second-order valence-electron chi connectivity index (χ2n) is 6.91. The molecule has 0 aliphatic heterocycles. The fourth-order valence-corrected chi connectivity index (χ4v) is 4.21. The van der Waals surface area contributed by atoms with Crippen LogP contribution in [-0.4, -0.2) is 14.4 Å². The molecule has 132 valence electrons. The van der Waals surface area contributed by atoms with Crippen molar-refractivity contribution in [1.29, 1.82) is 0 Å². The first-order chi connectivity index (χ1) is 14.3. The highest BCUT2D eigenvalue weighted by Crippen LogP contribution is 2.39. The molecule has 0 atom stereocenters. The SMILES string of the molecule is [C-]#[N+]c1nc2c3ccc4ccccc4c3c3c4ccccc4cn3c2nc1[N+]#[C-]. The first kappa shape index (κ1) is 15.6. The zero-order valence-corrected chi connectivity index (χ0v) is 15.1. The molecule has 3 aromatic carbocycles. The maximum absolute atomic E-state index is 7.43. The molecule has 0 bridgehead atoms. The zero-order chi connectivity index (χ0) is 19.5. The van der Waals surface area contributed by atoms with Gasteiger partial charge in [0.1, 0.15) is 0 Å².